The number of hydrogen-bond donors (Lipinski definition) is 1. The summed E-state index contributed by atoms with van der Waals surface area (Å²) in [5.41, 5.74) is 3.31. The third-order valence-electron chi connectivity index (χ3n) is 4.50. The van der Waals surface area contributed by atoms with E-state index in [0.717, 1.165) is 12.0 Å². The van der Waals surface area contributed by atoms with Crippen LogP contribution in [0.15, 0.2) is 12.1 Å². The standard InChI is InChI=1S/C17H25ClO/c1-12-9-15(16(18)10-13(12)2)17(19)11-14-7-5-3-4-6-8-14/h9-10,14,17,19H,3-8,11H2,1-2H3. The normalized spacial score (nSPS) is 19.2. The van der Waals surface area contributed by atoms with Crippen LogP contribution < -0.4 is 0 Å². The molecule has 1 aliphatic carbocycles. The van der Waals surface area contributed by atoms with Crippen molar-refractivity contribution in [2.24, 2.45) is 5.92 Å². The summed E-state index contributed by atoms with van der Waals surface area (Å²) in [6.45, 7) is 4.14. The Bertz CT molecular complexity index is 420. The lowest BCUT2D eigenvalue weighted by molar-refractivity contribution is 0.139. The highest BCUT2D eigenvalue weighted by Crippen LogP contribution is 2.34. The number of rotatable bonds is 3. The van der Waals surface area contributed by atoms with Gasteiger partial charge < -0.3 is 5.11 Å². The summed E-state index contributed by atoms with van der Waals surface area (Å²) in [7, 11) is 0. The fourth-order valence-electron chi connectivity index (χ4n) is 3.10. The van der Waals surface area contributed by atoms with Crippen LogP contribution in [0, 0.1) is 19.8 Å². The quantitative estimate of drug-likeness (QED) is 0.740. The van der Waals surface area contributed by atoms with Crippen molar-refractivity contribution in [2.45, 2.75) is 64.9 Å². The van der Waals surface area contributed by atoms with Gasteiger partial charge in [-0.15, -0.1) is 0 Å². The minimum atomic E-state index is -0.408. The van der Waals surface area contributed by atoms with Gasteiger partial charge >= 0.3 is 0 Å². The molecule has 106 valence electrons. The summed E-state index contributed by atoms with van der Waals surface area (Å²) in [6, 6.07) is 4.03. The fraction of sp³-hybridized carbons (Fsp3) is 0.647. The van der Waals surface area contributed by atoms with Gasteiger partial charge in [-0.2, -0.15) is 0 Å². The smallest absolute Gasteiger partial charge is 0.0807 e. The van der Waals surface area contributed by atoms with E-state index in [9.17, 15) is 5.11 Å². The molecule has 0 aromatic heterocycles. The van der Waals surface area contributed by atoms with Gasteiger partial charge in [-0.3, -0.25) is 0 Å². The van der Waals surface area contributed by atoms with Gasteiger partial charge in [0.05, 0.1) is 6.10 Å². The fourth-order valence-corrected chi connectivity index (χ4v) is 3.45. The highest BCUT2D eigenvalue weighted by Gasteiger charge is 2.19. The van der Waals surface area contributed by atoms with Gasteiger partial charge in [0.2, 0.25) is 0 Å². The molecule has 2 heteroatoms. The van der Waals surface area contributed by atoms with Crippen LogP contribution in [0.1, 0.15) is 67.7 Å². The highest BCUT2D eigenvalue weighted by atomic mass is 35.5. The summed E-state index contributed by atoms with van der Waals surface area (Å²) in [5, 5.41) is 11.2. The van der Waals surface area contributed by atoms with E-state index in [4.69, 9.17) is 11.6 Å². The van der Waals surface area contributed by atoms with Gasteiger partial charge in [-0.25, -0.2) is 0 Å². The van der Waals surface area contributed by atoms with E-state index in [1.807, 2.05) is 6.07 Å². The number of hydrogen-bond acceptors (Lipinski definition) is 1. The molecule has 0 amide bonds. The molecule has 1 N–H and O–H groups in total. The van der Waals surface area contributed by atoms with Crippen molar-refractivity contribution in [2.75, 3.05) is 0 Å². The predicted octanol–water partition coefficient (Wildman–Crippen LogP) is 5.35. The largest absolute Gasteiger partial charge is 0.388 e. The van der Waals surface area contributed by atoms with Crippen molar-refractivity contribution in [3.05, 3.63) is 33.8 Å². The lowest BCUT2D eigenvalue weighted by Crippen LogP contribution is -2.08. The van der Waals surface area contributed by atoms with E-state index in [2.05, 4.69) is 19.9 Å². The Labute approximate surface area is 122 Å². The van der Waals surface area contributed by atoms with E-state index in [1.165, 1.54) is 49.7 Å². The Hall–Kier alpha value is -0.530. The molecule has 1 atom stereocenters. The number of aryl methyl sites for hydroxylation is 2. The lowest BCUT2D eigenvalue weighted by atomic mass is 9.90. The first-order valence-electron chi connectivity index (χ1n) is 7.52. The molecule has 0 radical (unpaired) electrons. The Kier molecular flexibility index (Phi) is 5.29. The second kappa shape index (κ2) is 6.76. The summed E-state index contributed by atoms with van der Waals surface area (Å²) in [5.74, 6) is 0.662. The Balaban J connectivity index is 2.06. The van der Waals surface area contributed by atoms with Crippen molar-refractivity contribution in [3.63, 3.8) is 0 Å². The molecule has 0 bridgehead atoms. The molecule has 1 nitrogen and oxygen atoms in total. The van der Waals surface area contributed by atoms with E-state index in [0.29, 0.717) is 10.9 Å². The van der Waals surface area contributed by atoms with Gasteiger partial charge in [-0.05, 0) is 48.9 Å². The van der Waals surface area contributed by atoms with Crippen LogP contribution in [0.5, 0.6) is 0 Å². The van der Waals surface area contributed by atoms with E-state index >= 15 is 0 Å². The third-order valence-corrected chi connectivity index (χ3v) is 4.83. The van der Waals surface area contributed by atoms with Crippen LogP contribution in [0.2, 0.25) is 5.02 Å². The van der Waals surface area contributed by atoms with Crippen LogP contribution in [0.4, 0.5) is 0 Å². The van der Waals surface area contributed by atoms with Crippen molar-refractivity contribution in [1.82, 2.24) is 0 Å². The number of aliphatic hydroxyl groups excluding tert-OH is 1. The Morgan fingerprint density at radius 1 is 1.11 bits per heavy atom. The summed E-state index contributed by atoms with van der Waals surface area (Å²) in [6.07, 6.45) is 8.33. The molecule has 1 saturated carbocycles. The molecule has 1 fully saturated rings. The second-order valence-corrected chi connectivity index (χ2v) is 6.47. The Morgan fingerprint density at radius 3 is 2.32 bits per heavy atom. The number of halogens is 1. The van der Waals surface area contributed by atoms with Crippen molar-refractivity contribution < 1.29 is 5.11 Å². The maximum atomic E-state index is 10.5. The molecule has 19 heavy (non-hydrogen) atoms. The summed E-state index contributed by atoms with van der Waals surface area (Å²) in [4.78, 5) is 0. The van der Waals surface area contributed by atoms with Gasteiger partial charge in [0.15, 0.2) is 0 Å². The van der Waals surface area contributed by atoms with Crippen LogP contribution in [0.3, 0.4) is 0 Å². The van der Waals surface area contributed by atoms with Gasteiger partial charge in [0.25, 0.3) is 0 Å². The first-order valence-corrected chi connectivity index (χ1v) is 7.90. The second-order valence-electron chi connectivity index (χ2n) is 6.07. The first-order chi connectivity index (χ1) is 9.08. The van der Waals surface area contributed by atoms with E-state index in [-0.39, 0.29) is 0 Å². The van der Waals surface area contributed by atoms with Crippen molar-refractivity contribution in [3.8, 4) is 0 Å². The Morgan fingerprint density at radius 2 is 1.68 bits per heavy atom. The zero-order valence-electron chi connectivity index (χ0n) is 12.1. The number of benzene rings is 1. The van der Waals surface area contributed by atoms with Crippen molar-refractivity contribution in [1.29, 1.82) is 0 Å². The molecule has 1 unspecified atom stereocenters. The van der Waals surface area contributed by atoms with Gasteiger partial charge in [-0.1, -0.05) is 56.2 Å². The first kappa shape index (κ1) is 14.9. The lowest BCUT2D eigenvalue weighted by Gasteiger charge is -2.20. The molecule has 2 rings (SSSR count). The van der Waals surface area contributed by atoms with E-state index in [1.54, 1.807) is 0 Å². The average molecular weight is 281 g/mol. The molecule has 1 aromatic rings. The van der Waals surface area contributed by atoms with Crippen molar-refractivity contribution >= 4 is 11.6 Å². The minimum absolute atomic E-state index is 0.408. The van der Waals surface area contributed by atoms with Crippen LogP contribution >= 0.6 is 11.6 Å². The molecule has 0 saturated heterocycles. The highest BCUT2D eigenvalue weighted by molar-refractivity contribution is 6.31. The SMILES string of the molecule is Cc1cc(Cl)c(C(O)CC2CCCCCC2)cc1C. The zero-order valence-corrected chi connectivity index (χ0v) is 12.8. The van der Waals surface area contributed by atoms with Crippen LogP contribution in [-0.4, -0.2) is 5.11 Å². The molecular formula is C17H25ClO. The molecule has 1 aromatic carbocycles. The molecule has 1 aliphatic rings. The molecular weight excluding hydrogens is 256 g/mol. The van der Waals surface area contributed by atoms with Gasteiger partial charge in [0, 0.05) is 5.02 Å². The predicted molar refractivity (Wildman–Crippen MR) is 81.7 cm³/mol. The summed E-state index contributed by atoms with van der Waals surface area (Å²) >= 11 is 6.29. The summed E-state index contributed by atoms with van der Waals surface area (Å²) < 4.78 is 0. The minimum Gasteiger partial charge on any atom is -0.388 e. The molecule has 0 aliphatic heterocycles. The average Bonchev–Trinajstić information content (AvgIpc) is 2.62. The van der Waals surface area contributed by atoms with Crippen LogP contribution in [-0.2, 0) is 0 Å². The monoisotopic (exact) mass is 280 g/mol. The van der Waals surface area contributed by atoms with Gasteiger partial charge in [0.1, 0.15) is 0 Å². The topological polar surface area (TPSA) is 20.2 Å². The maximum Gasteiger partial charge on any atom is 0.0807 e. The maximum absolute atomic E-state index is 10.5. The third kappa shape index (κ3) is 3.97. The molecule has 0 spiro atoms. The molecule has 0 heterocycles. The van der Waals surface area contributed by atoms with Crippen LogP contribution in [0.25, 0.3) is 0 Å². The zero-order chi connectivity index (χ0) is 13.8. The van der Waals surface area contributed by atoms with E-state index < -0.39 is 6.10 Å². The number of aliphatic hydroxyl groups is 1.